The second-order valence-electron chi connectivity index (χ2n) is 14.3. The van der Waals surface area contributed by atoms with Gasteiger partial charge in [-0.25, -0.2) is 0 Å². The Morgan fingerprint density at radius 1 is 0.327 bits per heavy atom. The number of hydrogen-bond acceptors (Lipinski definition) is 3. The van der Waals surface area contributed by atoms with Crippen molar-refractivity contribution < 1.29 is 0 Å². The van der Waals surface area contributed by atoms with E-state index in [1.165, 1.54) is 64.0 Å². The van der Waals surface area contributed by atoms with Crippen LogP contribution in [-0.2, 0) is 0 Å². The van der Waals surface area contributed by atoms with Crippen LogP contribution < -0.4 is 9.80 Å². The number of thiophene rings is 1. The fourth-order valence-corrected chi connectivity index (χ4v) is 9.49. The summed E-state index contributed by atoms with van der Waals surface area (Å²) in [6.07, 6.45) is 0. The Bertz CT molecular complexity index is 2900. The van der Waals surface area contributed by atoms with Gasteiger partial charge < -0.3 is 9.80 Å². The molecule has 0 saturated carbocycles. The van der Waals surface area contributed by atoms with E-state index < -0.39 is 0 Å². The maximum absolute atomic E-state index is 2.39. The second-order valence-corrected chi connectivity index (χ2v) is 15.4. The predicted octanol–water partition coefficient (Wildman–Crippen LogP) is 15.6. The first kappa shape index (κ1) is 32.9. The topological polar surface area (TPSA) is 6.48 Å². The molecule has 10 rings (SSSR count). The summed E-state index contributed by atoms with van der Waals surface area (Å²) in [6, 6.07) is 70.9. The third kappa shape index (κ3) is 5.81. The van der Waals surface area contributed by atoms with Crippen LogP contribution >= 0.6 is 11.3 Å². The van der Waals surface area contributed by atoms with Crippen LogP contribution in [0.3, 0.4) is 0 Å². The Labute approximate surface area is 325 Å². The summed E-state index contributed by atoms with van der Waals surface area (Å²) in [5.41, 5.74) is 11.5. The summed E-state index contributed by atoms with van der Waals surface area (Å²) in [5, 5.41) is 7.84. The van der Waals surface area contributed by atoms with Gasteiger partial charge in [0.25, 0.3) is 0 Å². The number of anilines is 6. The molecule has 0 spiro atoms. The Morgan fingerprint density at radius 2 is 0.764 bits per heavy atom. The van der Waals surface area contributed by atoms with E-state index in [-0.39, 0.29) is 0 Å². The van der Waals surface area contributed by atoms with Gasteiger partial charge in [-0.15, -0.1) is 11.3 Å². The molecule has 3 heteroatoms. The second kappa shape index (κ2) is 13.6. The fourth-order valence-electron chi connectivity index (χ4n) is 8.10. The molecular weight excluding hydrogens is 685 g/mol. The van der Waals surface area contributed by atoms with Crippen LogP contribution in [0.5, 0.6) is 0 Å². The summed E-state index contributed by atoms with van der Waals surface area (Å²) < 4.78 is 2.63. The van der Waals surface area contributed by atoms with Gasteiger partial charge in [-0.2, -0.15) is 0 Å². The molecule has 1 aromatic heterocycles. The molecule has 0 saturated heterocycles. The van der Waals surface area contributed by atoms with Gasteiger partial charge >= 0.3 is 0 Å². The number of benzene rings is 9. The van der Waals surface area contributed by atoms with Gasteiger partial charge in [0.2, 0.25) is 0 Å². The first-order chi connectivity index (χ1) is 27.1. The van der Waals surface area contributed by atoms with E-state index in [2.05, 4.69) is 218 Å². The highest BCUT2D eigenvalue weighted by atomic mass is 32.1. The average Bonchev–Trinajstić information content (AvgIpc) is 3.64. The lowest BCUT2D eigenvalue weighted by Crippen LogP contribution is -2.13. The molecule has 0 bridgehead atoms. The van der Waals surface area contributed by atoms with Gasteiger partial charge in [0.05, 0.1) is 0 Å². The SMILES string of the molecule is Cc1ccc(N(c2ccc(C)cc2)c2cc(-c3cccc4c3sc3c5ccccc5c5ccccc5c43)cc(N(c3ccccc3)c3ccccc3)c2)cc1. The Kier molecular flexibility index (Phi) is 8.16. The molecule has 1 heterocycles. The molecule has 0 atom stereocenters. The number of aryl methyl sites for hydroxylation is 2. The highest BCUT2D eigenvalue weighted by Crippen LogP contribution is 2.49. The van der Waals surface area contributed by atoms with Crippen molar-refractivity contribution >= 4 is 87.2 Å². The molecule has 2 nitrogen and oxygen atoms in total. The minimum absolute atomic E-state index is 1.09. The first-order valence-corrected chi connectivity index (χ1v) is 19.7. The van der Waals surface area contributed by atoms with E-state index in [0.29, 0.717) is 0 Å². The maximum Gasteiger partial charge on any atom is 0.0488 e. The quantitative estimate of drug-likeness (QED) is 0.151. The minimum atomic E-state index is 1.09. The summed E-state index contributed by atoms with van der Waals surface area (Å²) in [5.74, 6) is 0. The number of nitrogens with zero attached hydrogens (tertiary/aromatic N) is 2. The fraction of sp³-hybridized carbons (Fsp3) is 0.0385. The first-order valence-electron chi connectivity index (χ1n) is 18.8. The molecule has 262 valence electrons. The lowest BCUT2D eigenvalue weighted by atomic mass is 9.95. The van der Waals surface area contributed by atoms with E-state index in [0.717, 1.165) is 34.1 Å². The minimum Gasteiger partial charge on any atom is -0.310 e. The van der Waals surface area contributed by atoms with Crippen molar-refractivity contribution in [1.29, 1.82) is 0 Å². The van der Waals surface area contributed by atoms with Crippen molar-refractivity contribution in [3.05, 3.63) is 205 Å². The van der Waals surface area contributed by atoms with Gasteiger partial charge in [0.15, 0.2) is 0 Å². The van der Waals surface area contributed by atoms with Gasteiger partial charge in [-0.3, -0.25) is 0 Å². The number of para-hydroxylation sites is 2. The molecule has 10 aromatic rings. The highest BCUT2D eigenvalue weighted by Gasteiger charge is 2.22. The molecule has 55 heavy (non-hydrogen) atoms. The highest BCUT2D eigenvalue weighted by molar-refractivity contribution is 7.27. The van der Waals surface area contributed by atoms with Gasteiger partial charge in [-0.05, 0) is 108 Å². The summed E-state index contributed by atoms with van der Waals surface area (Å²) in [6.45, 7) is 4.29. The lowest BCUT2D eigenvalue weighted by Gasteiger charge is -2.30. The summed E-state index contributed by atoms with van der Waals surface area (Å²) in [7, 11) is 0. The number of fused-ring (bicyclic) bond motifs is 8. The van der Waals surface area contributed by atoms with Crippen LogP contribution in [0.2, 0.25) is 0 Å². The van der Waals surface area contributed by atoms with E-state index in [9.17, 15) is 0 Å². The zero-order valence-corrected chi connectivity index (χ0v) is 31.6. The smallest absolute Gasteiger partial charge is 0.0488 e. The summed E-state index contributed by atoms with van der Waals surface area (Å²) in [4.78, 5) is 4.77. The van der Waals surface area contributed by atoms with Crippen LogP contribution in [0.1, 0.15) is 11.1 Å². The van der Waals surface area contributed by atoms with Crippen molar-refractivity contribution in [3.8, 4) is 11.1 Å². The standard InChI is InChI=1S/C52H38N2S/c1-35-24-28-40(29-25-35)54(41-30-26-36(2)27-31-41)43-33-37(32-42(34-43)53(38-14-5-3-6-15-38)39-16-7-4-8-17-39)44-22-13-23-49-50-47-20-11-9-18-45(47)46-19-10-12-21-48(46)52(50)55-51(44)49/h3-34H,1-2H3. The van der Waals surface area contributed by atoms with Crippen molar-refractivity contribution in [3.63, 3.8) is 0 Å². The van der Waals surface area contributed by atoms with Gasteiger partial charge in [0.1, 0.15) is 0 Å². The average molecular weight is 723 g/mol. The molecule has 0 radical (unpaired) electrons. The van der Waals surface area contributed by atoms with Gasteiger partial charge in [0, 0.05) is 59.7 Å². The zero-order valence-electron chi connectivity index (χ0n) is 30.8. The summed E-state index contributed by atoms with van der Waals surface area (Å²) >= 11 is 1.92. The Balaban J connectivity index is 1.29. The van der Waals surface area contributed by atoms with Crippen LogP contribution in [0.4, 0.5) is 34.1 Å². The molecule has 0 aliphatic heterocycles. The van der Waals surface area contributed by atoms with E-state index in [1.807, 2.05) is 11.3 Å². The van der Waals surface area contributed by atoms with Crippen molar-refractivity contribution in [2.45, 2.75) is 13.8 Å². The van der Waals surface area contributed by atoms with Crippen molar-refractivity contribution in [1.82, 2.24) is 0 Å². The van der Waals surface area contributed by atoms with Crippen molar-refractivity contribution in [2.75, 3.05) is 9.80 Å². The van der Waals surface area contributed by atoms with Crippen LogP contribution in [0.15, 0.2) is 194 Å². The molecule has 0 fully saturated rings. The molecule has 0 N–H and O–H groups in total. The molecule has 9 aromatic carbocycles. The molecular formula is C52H38N2S. The Hall–Kier alpha value is -6.68. The van der Waals surface area contributed by atoms with Gasteiger partial charge in [-0.1, -0.05) is 139 Å². The van der Waals surface area contributed by atoms with E-state index >= 15 is 0 Å². The Morgan fingerprint density at radius 3 is 1.31 bits per heavy atom. The van der Waals surface area contributed by atoms with E-state index in [1.54, 1.807) is 0 Å². The van der Waals surface area contributed by atoms with E-state index in [4.69, 9.17) is 0 Å². The zero-order chi connectivity index (χ0) is 36.9. The van der Waals surface area contributed by atoms with Crippen LogP contribution in [0.25, 0.3) is 52.8 Å². The number of rotatable bonds is 7. The third-order valence-electron chi connectivity index (χ3n) is 10.7. The predicted molar refractivity (Wildman–Crippen MR) is 239 cm³/mol. The van der Waals surface area contributed by atoms with Crippen LogP contribution in [-0.4, -0.2) is 0 Å². The number of hydrogen-bond donors (Lipinski definition) is 0. The van der Waals surface area contributed by atoms with Crippen LogP contribution in [0, 0.1) is 13.8 Å². The lowest BCUT2D eigenvalue weighted by molar-refractivity contribution is 1.24. The maximum atomic E-state index is 2.39. The largest absolute Gasteiger partial charge is 0.310 e. The molecule has 0 unspecified atom stereocenters. The molecule has 0 aliphatic carbocycles. The normalized spacial score (nSPS) is 11.5. The monoisotopic (exact) mass is 722 g/mol. The van der Waals surface area contributed by atoms with Crippen molar-refractivity contribution in [2.24, 2.45) is 0 Å². The third-order valence-corrected chi connectivity index (χ3v) is 12.0. The molecule has 0 amide bonds. The molecule has 0 aliphatic rings.